The summed E-state index contributed by atoms with van der Waals surface area (Å²) in [4.78, 5) is 28.5. The van der Waals surface area contributed by atoms with Gasteiger partial charge in [0.15, 0.2) is 0 Å². The van der Waals surface area contributed by atoms with E-state index in [4.69, 9.17) is 27.9 Å². The van der Waals surface area contributed by atoms with Crippen molar-refractivity contribution in [3.05, 3.63) is 61.2 Å². The van der Waals surface area contributed by atoms with E-state index in [0.717, 1.165) is 34.8 Å². The lowest BCUT2D eigenvalue weighted by molar-refractivity contribution is 0.0687. The van der Waals surface area contributed by atoms with Crippen molar-refractivity contribution in [3.63, 3.8) is 0 Å². The molecule has 2 aromatic carbocycles. The molecule has 214 valence electrons. The van der Waals surface area contributed by atoms with E-state index < -0.39 is 6.10 Å². The van der Waals surface area contributed by atoms with Gasteiger partial charge in [-0.2, -0.15) is 11.8 Å². The second-order valence-electron chi connectivity index (χ2n) is 9.98. The van der Waals surface area contributed by atoms with Crippen molar-refractivity contribution >= 4 is 62.6 Å². The summed E-state index contributed by atoms with van der Waals surface area (Å²) in [6.45, 7) is 7.78. The van der Waals surface area contributed by atoms with E-state index in [9.17, 15) is 19.8 Å². The fraction of sp³-hybridized carbons (Fsp3) is 0.481. The molecule has 0 aliphatic rings. The second kappa shape index (κ2) is 14.6. The van der Waals surface area contributed by atoms with Gasteiger partial charge < -0.3 is 30.2 Å². The number of H-pyrrole nitrogens is 1. The highest BCUT2D eigenvalue weighted by molar-refractivity contribution is 7.99. The van der Waals surface area contributed by atoms with Crippen LogP contribution in [-0.2, 0) is 11.2 Å². The number of amides is 1. The minimum Gasteiger partial charge on any atom is -0.506 e. The second-order valence-corrected chi connectivity index (χ2v) is 13.0. The first kappa shape index (κ1) is 31.6. The van der Waals surface area contributed by atoms with Crippen LogP contribution in [-0.4, -0.2) is 69.5 Å². The number of fused-ring (bicyclic) bond motifs is 1. The molecule has 12 heteroatoms. The Kier molecular flexibility index (Phi) is 11.8. The highest BCUT2D eigenvalue weighted by Gasteiger charge is 2.27. The predicted molar refractivity (Wildman–Crippen MR) is 162 cm³/mol. The molecule has 1 atom stereocenters. The Morgan fingerprint density at radius 1 is 1.23 bits per heavy atom. The summed E-state index contributed by atoms with van der Waals surface area (Å²) in [6.07, 6.45) is 0.157. The third-order valence-corrected chi connectivity index (χ3v) is 8.90. The van der Waals surface area contributed by atoms with Crippen molar-refractivity contribution in [1.82, 2.24) is 15.2 Å². The van der Waals surface area contributed by atoms with Gasteiger partial charge in [0.25, 0.3) is 0 Å². The third-order valence-electron chi connectivity index (χ3n) is 6.04. The van der Waals surface area contributed by atoms with Crippen LogP contribution in [0, 0.1) is 0 Å². The highest BCUT2D eigenvalue weighted by atomic mass is 35.5. The number of phenolic OH excluding ortho intramolecular Hbond substituents is 1. The Hall–Kier alpha value is -1.95. The van der Waals surface area contributed by atoms with Crippen LogP contribution in [0.1, 0.15) is 44.4 Å². The zero-order chi connectivity index (χ0) is 28.6. The Morgan fingerprint density at radius 2 is 2.00 bits per heavy atom. The van der Waals surface area contributed by atoms with Crippen LogP contribution in [0.15, 0.2) is 35.1 Å². The maximum absolute atomic E-state index is 12.8. The number of nitrogens with one attached hydrogen (secondary N) is 2. The summed E-state index contributed by atoms with van der Waals surface area (Å²) in [7, 11) is 0. The van der Waals surface area contributed by atoms with E-state index in [1.807, 2.05) is 32.9 Å². The molecule has 1 heterocycles. The van der Waals surface area contributed by atoms with Crippen molar-refractivity contribution in [1.29, 1.82) is 0 Å². The highest BCUT2D eigenvalue weighted by Crippen LogP contribution is 2.31. The van der Waals surface area contributed by atoms with Crippen LogP contribution in [0.5, 0.6) is 5.75 Å². The topological polar surface area (TPSA) is 115 Å². The standard InChI is InChI=1S/C27H35Cl2N3O5S2/c1-27(2,3)32(26(36)37-13-10-17-6-4-7-19(28)22(17)29)12-5-14-38-15-11-30-16-21(34)18-8-9-20(33)23-24(18)39-25(35)31-23/h4,6-9,21,30,33-34H,5,10-16H2,1-3H3,(H,31,35)/t21-/m0/s1. The molecule has 4 N–H and O–H groups in total. The van der Waals surface area contributed by atoms with Gasteiger partial charge >= 0.3 is 11.0 Å². The zero-order valence-corrected chi connectivity index (χ0v) is 25.4. The van der Waals surface area contributed by atoms with Gasteiger partial charge in [-0.15, -0.1) is 0 Å². The SMILES string of the molecule is CC(C)(C)N(CCCSCCNC[C@H](O)c1ccc(O)c2[nH]c(=O)sc12)C(=O)OCCc1cccc(Cl)c1Cl. The van der Waals surface area contributed by atoms with Crippen LogP contribution >= 0.6 is 46.3 Å². The first-order chi connectivity index (χ1) is 18.5. The number of carbonyl (C=O) groups is 1. The normalized spacial score (nSPS) is 12.6. The van der Waals surface area contributed by atoms with Gasteiger partial charge in [0.05, 0.1) is 27.5 Å². The molecule has 1 aromatic heterocycles. The number of aromatic nitrogens is 1. The maximum Gasteiger partial charge on any atom is 0.410 e. The molecule has 3 aromatic rings. The number of aromatic hydroxyl groups is 1. The van der Waals surface area contributed by atoms with E-state index in [0.29, 0.717) is 51.9 Å². The van der Waals surface area contributed by atoms with Crippen LogP contribution in [0.4, 0.5) is 4.79 Å². The molecule has 0 aliphatic heterocycles. The first-order valence-corrected chi connectivity index (χ1v) is 15.4. The number of halogens is 2. The number of thioether (sulfide) groups is 1. The van der Waals surface area contributed by atoms with E-state index in [2.05, 4.69) is 10.3 Å². The van der Waals surface area contributed by atoms with Crippen LogP contribution in [0.2, 0.25) is 10.0 Å². The largest absolute Gasteiger partial charge is 0.506 e. The molecule has 0 fully saturated rings. The summed E-state index contributed by atoms with van der Waals surface area (Å²) < 4.78 is 6.11. The van der Waals surface area contributed by atoms with Crippen LogP contribution in [0.25, 0.3) is 10.2 Å². The number of benzene rings is 2. The molecule has 0 bridgehead atoms. The molecule has 0 radical (unpaired) electrons. The van der Waals surface area contributed by atoms with Gasteiger partial charge in [0.2, 0.25) is 0 Å². The maximum atomic E-state index is 12.8. The summed E-state index contributed by atoms with van der Waals surface area (Å²) >= 11 is 15.0. The fourth-order valence-electron chi connectivity index (χ4n) is 3.99. The number of phenols is 1. The quantitative estimate of drug-likeness (QED) is 0.179. The summed E-state index contributed by atoms with van der Waals surface area (Å²) in [5.41, 5.74) is 1.43. The number of rotatable bonds is 13. The van der Waals surface area contributed by atoms with Gasteiger partial charge in [-0.3, -0.25) is 4.79 Å². The van der Waals surface area contributed by atoms with E-state index in [1.165, 1.54) is 6.07 Å². The average Bonchev–Trinajstić information content (AvgIpc) is 3.27. The predicted octanol–water partition coefficient (Wildman–Crippen LogP) is 5.83. The number of thiazole rings is 1. The van der Waals surface area contributed by atoms with Crippen molar-refractivity contribution in [2.24, 2.45) is 0 Å². The first-order valence-electron chi connectivity index (χ1n) is 12.7. The Morgan fingerprint density at radius 3 is 2.74 bits per heavy atom. The molecular weight excluding hydrogens is 581 g/mol. The Bertz CT molecular complexity index is 1310. The van der Waals surface area contributed by atoms with Gasteiger partial charge in [0.1, 0.15) is 11.3 Å². The molecule has 3 rings (SSSR count). The van der Waals surface area contributed by atoms with Crippen molar-refractivity contribution in [2.75, 3.05) is 37.7 Å². The minimum atomic E-state index is -0.800. The molecule has 0 unspecified atom stereocenters. The van der Waals surface area contributed by atoms with E-state index in [-0.39, 0.29) is 28.9 Å². The number of ether oxygens (including phenoxy) is 1. The van der Waals surface area contributed by atoms with Crippen LogP contribution in [0.3, 0.4) is 0 Å². The summed E-state index contributed by atoms with van der Waals surface area (Å²) in [6, 6.07) is 8.53. The third kappa shape index (κ3) is 9.03. The molecule has 39 heavy (non-hydrogen) atoms. The smallest absolute Gasteiger partial charge is 0.410 e. The Balaban J connectivity index is 1.35. The minimum absolute atomic E-state index is 0.00981. The van der Waals surface area contributed by atoms with Crippen molar-refractivity contribution in [2.45, 2.75) is 45.3 Å². The zero-order valence-electron chi connectivity index (χ0n) is 22.3. The monoisotopic (exact) mass is 615 g/mol. The number of aliphatic hydroxyl groups is 1. The van der Waals surface area contributed by atoms with Gasteiger partial charge in [-0.25, -0.2) is 4.79 Å². The number of aliphatic hydroxyl groups excluding tert-OH is 1. The molecule has 0 saturated heterocycles. The molecular formula is C27H35Cl2N3O5S2. The van der Waals surface area contributed by atoms with Crippen LogP contribution < -0.4 is 10.2 Å². The lowest BCUT2D eigenvalue weighted by Crippen LogP contribution is -2.46. The van der Waals surface area contributed by atoms with Crippen molar-refractivity contribution in [3.8, 4) is 5.75 Å². The number of aromatic amines is 1. The fourth-order valence-corrected chi connectivity index (χ4v) is 6.15. The van der Waals surface area contributed by atoms with E-state index in [1.54, 1.807) is 28.8 Å². The molecule has 0 aliphatic carbocycles. The number of nitrogens with zero attached hydrogens (tertiary/aromatic N) is 1. The van der Waals surface area contributed by atoms with Gasteiger partial charge in [-0.05, 0) is 50.6 Å². The molecule has 0 spiro atoms. The van der Waals surface area contributed by atoms with Gasteiger partial charge in [-0.1, -0.05) is 52.7 Å². The molecule has 8 nitrogen and oxygen atoms in total. The molecule has 1 amide bonds. The van der Waals surface area contributed by atoms with Crippen molar-refractivity contribution < 1.29 is 19.7 Å². The number of hydrogen-bond donors (Lipinski definition) is 4. The van der Waals surface area contributed by atoms with Gasteiger partial charge in [0, 0.05) is 42.9 Å². The number of carbonyl (C=O) groups excluding carboxylic acids is 1. The summed E-state index contributed by atoms with van der Waals surface area (Å²) in [5, 5.41) is 24.7. The average molecular weight is 617 g/mol. The Labute approximate surface area is 246 Å². The lowest BCUT2D eigenvalue weighted by atomic mass is 10.1. The summed E-state index contributed by atoms with van der Waals surface area (Å²) in [5.74, 6) is 1.71. The lowest BCUT2D eigenvalue weighted by Gasteiger charge is -2.34. The molecule has 0 saturated carbocycles. The number of hydrogen-bond acceptors (Lipinski definition) is 8. The van der Waals surface area contributed by atoms with E-state index >= 15 is 0 Å².